The summed E-state index contributed by atoms with van der Waals surface area (Å²) < 4.78 is 21.5. The van der Waals surface area contributed by atoms with Crippen LogP contribution >= 0.6 is 7.82 Å². The highest BCUT2D eigenvalue weighted by atomic mass is 31.2. The van der Waals surface area contributed by atoms with Crippen LogP contribution in [0.3, 0.4) is 0 Å². The van der Waals surface area contributed by atoms with E-state index in [1.807, 2.05) is 0 Å². The number of phenolic OH excluding ortho intramolecular Hbond substituents is 1. The van der Waals surface area contributed by atoms with E-state index in [-0.39, 0.29) is 11.5 Å². The van der Waals surface area contributed by atoms with Gasteiger partial charge in [0.05, 0.1) is 5.56 Å². The van der Waals surface area contributed by atoms with Crippen LogP contribution in [0.15, 0.2) is 72.8 Å². The summed E-state index contributed by atoms with van der Waals surface area (Å²) in [7, 11) is -4.68. The number of carbonyl (C=O) groups excluding carboxylic acids is 1. The van der Waals surface area contributed by atoms with Crippen LogP contribution < -0.4 is 4.52 Å². The molecular weight excluding hydrogens is 383 g/mol. The summed E-state index contributed by atoms with van der Waals surface area (Å²) in [6.07, 6.45) is 0. The molecule has 0 fully saturated rings. The van der Waals surface area contributed by atoms with Gasteiger partial charge in [-0.05, 0) is 30.3 Å². The number of esters is 1. The van der Waals surface area contributed by atoms with Gasteiger partial charge in [-0.25, -0.2) is 9.36 Å². The zero-order valence-electron chi connectivity index (χ0n) is 14.4. The molecule has 0 saturated carbocycles. The van der Waals surface area contributed by atoms with Crippen molar-refractivity contribution in [3.05, 3.63) is 95.1 Å². The molecule has 0 aromatic heterocycles. The number of benzene rings is 3. The van der Waals surface area contributed by atoms with Crippen LogP contribution in [0.2, 0.25) is 0 Å². The van der Waals surface area contributed by atoms with Gasteiger partial charge in [0.2, 0.25) is 0 Å². The van der Waals surface area contributed by atoms with Crippen molar-refractivity contribution < 1.29 is 33.5 Å². The molecule has 0 aliphatic carbocycles. The number of phenols is 1. The number of fused-ring (bicyclic) bond motifs is 1. The average Bonchev–Trinajstić information content (AvgIpc) is 2.96. The minimum atomic E-state index is -4.68. The van der Waals surface area contributed by atoms with Gasteiger partial charge in [-0.15, -0.1) is 0 Å². The van der Waals surface area contributed by atoms with Crippen LogP contribution in [0.1, 0.15) is 27.0 Å². The van der Waals surface area contributed by atoms with Crippen LogP contribution in [0.25, 0.3) is 0 Å². The van der Waals surface area contributed by atoms with E-state index in [2.05, 4.69) is 4.52 Å². The number of hydrogen-bond acceptors (Lipinski definition) is 5. The summed E-state index contributed by atoms with van der Waals surface area (Å²) in [6.45, 7) is 0. The first-order valence-electron chi connectivity index (χ1n) is 8.28. The van der Waals surface area contributed by atoms with E-state index in [0.29, 0.717) is 22.3 Å². The Kier molecular flexibility index (Phi) is 4.23. The minimum Gasteiger partial charge on any atom is -0.508 e. The molecule has 0 amide bonds. The zero-order valence-corrected chi connectivity index (χ0v) is 15.2. The number of hydrogen-bond donors (Lipinski definition) is 3. The van der Waals surface area contributed by atoms with Gasteiger partial charge in [0.25, 0.3) is 0 Å². The lowest BCUT2D eigenvalue weighted by Gasteiger charge is -2.30. The van der Waals surface area contributed by atoms with Crippen molar-refractivity contribution in [2.45, 2.75) is 5.60 Å². The Balaban J connectivity index is 1.90. The van der Waals surface area contributed by atoms with Gasteiger partial charge in [0, 0.05) is 16.7 Å². The molecule has 8 heteroatoms. The van der Waals surface area contributed by atoms with Crippen LogP contribution in [-0.2, 0) is 14.9 Å². The molecule has 1 aliphatic heterocycles. The maximum atomic E-state index is 12.5. The second kappa shape index (κ2) is 6.49. The summed E-state index contributed by atoms with van der Waals surface area (Å²) in [4.78, 5) is 30.5. The van der Waals surface area contributed by atoms with Gasteiger partial charge < -0.3 is 14.4 Å². The number of aromatic hydroxyl groups is 1. The lowest BCUT2D eigenvalue weighted by molar-refractivity contribution is 0.0251. The summed E-state index contributed by atoms with van der Waals surface area (Å²) in [6, 6.07) is 19.2. The quantitative estimate of drug-likeness (QED) is 0.456. The summed E-state index contributed by atoms with van der Waals surface area (Å²) >= 11 is 0. The van der Waals surface area contributed by atoms with E-state index in [1.165, 1.54) is 24.3 Å². The van der Waals surface area contributed by atoms with Crippen molar-refractivity contribution in [3.8, 4) is 11.5 Å². The van der Waals surface area contributed by atoms with Gasteiger partial charge in [0.15, 0.2) is 5.60 Å². The van der Waals surface area contributed by atoms with Crippen molar-refractivity contribution in [1.29, 1.82) is 0 Å². The number of phosphoric acid groups is 1. The number of ether oxygens (including phenoxy) is 1. The third-order valence-electron chi connectivity index (χ3n) is 4.53. The molecule has 0 bridgehead atoms. The van der Waals surface area contributed by atoms with Gasteiger partial charge in [0.1, 0.15) is 11.5 Å². The summed E-state index contributed by atoms with van der Waals surface area (Å²) in [5.74, 6) is -0.434. The molecule has 0 radical (unpaired) electrons. The Morgan fingerprint density at radius 2 is 1.43 bits per heavy atom. The molecule has 3 N–H and O–H groups in total. The Bertz CT molecular complexity index is 1090. The molecule has 3 aromatic carbocycles. The third-order valence-corrected chi connectivity index (χ3v) is 4.98. The lowest BCUT2D eigenvalue weighted by atomic mass is 9.80. The molecule has 142 valence electrons. The normalized spacial score (nSPS) is 18.4. The predicted molar refractivity (Wildman–Crippen MR) is 99.0 cm³/mol. The van der Waals surface area contributed by atoms with Gasteiger partial charge >= 0.3 is 13.8 Å². The van der Waals surface area contributed by atoms with Crippen LogP contribution in [0.4, 0.5) is 0 Å². The van der Waals surface area contributed by atoms with Gasteiger partial charge in [-0.2, -0.15) is 0 Å². The predicted octanol–water partition coefficient (Wildman–Crippen LogP) is 3.33. The molecule has 1 atom stereocenters. The van der Waals surface area contributed by atoms with Gasteiger partial charge in [-0.3, -0.25) is 9.79 Å². The topological polar surface area (TPSA) is 113 Å². The zero-order chi connectivity index (χ0) is 19.9. The van der Waals surface area contributed by atoms with E-state index in [0.717, 1.165) is 0 Å². The highest BCUT2D eigenvalue weighted by Crippen LogP contribution is 2.48. The van der Waals surface area contributed by atoms with Crippen LogP contribution in [0, 0.1) is 0 Å². The largest absolute Gasteiger partial charge is 0.524 e. The smallest absolute Gasteiger partial charge is 0.508 e. The SMILES string of the molecule is O=C1O[C@@](c2ccc(O)cc2)(c2ccc(OP(=O)(O)O)cc2)c2ccccc21. The van der Waals surface area contributed by atoms with E-state index in [9.17, 15) is 14.5 Å². The Labute approximate surface area is 160 Å². The summed E-state index contributed by atoms with van der Waals surface area (Å²) in [5, 5.41) is 9.65. The van der Waals surface area contributed by atoms with E-state index < -0.39 is 19.4 Å². The molecule has 7 nitrogen and oxygen atoms in total. The van der Waals surface area contributed by atoms with E-state index in [1.54, 1.807) is 48.5 Å². The summed E-state index contributed by atoms with van der Waals surface area (Å²) in [5.41, 5.74) is 0.976. The molecule has 28 heavy (non-hydrogen) atoms. The molecule has 3 aromatic rings. The van der Waals surface area contributed by atoms with Crippen LogP contribution in [-0.4, -0.2) is 20.9 Å². The molecule has 4 rings (SSSR count). The number of cyclic esters (lactones) is 1. The maximum absolute atomic E-state index is 12.5. The maximum Gasteiger partial charge on any atom is 0.524 e. The molecule has 0 unspecified atom stereocenters. The molecule has 1 aliphatic rings. The lowest BCUT2D eigenvalue weighted by Crippen LogP contribution is -2.29. The highest BCUT2D eigenvalue weighted by Gasteiger charge is 2.48. The second-order valence-corrected chi connectivity index (χ2v) is 7.43. The monoisotopic (exact) mass is 398 g/mol. The Hall–Kier alpha value is -3.12. The third kappa shape index (κ3) is 3.05. The standard InChI is InChI=1S/C20H15O7P/c21-15-9-5-13(6-10-15)20(18-4-2-1-3-17(18)19(22)26-20)14-7-11-16(12-8-14)27-28(23,24)25/h1-12,21H,(H2,23,24,25)/t20-/m0/s1. The van der Waals surface area contributed by atoms with Crippen molar-refractivity contribution >= 4 is 13.8 Å². The van der Waals surface area contributed by atoms with Crippen molar-refractivity contribution in [2.24, 2.45) is 0 Å². The van der Waals surface area contributed by atoms with Gasteiger partial charge in [-0.1, -0.05) is 42.5 Å². The number of phosphoric ester groups is 1. The van der Waals surface area contributed by atoms with E-state index in [4.69, 9.17) is 14.5 Å². The first-order valence-corrected chi connectivity index (χ1v) is 9.81. The average molecular weight is 398 g/mol. The van der Waals surface area contributed by atoms with E-state index >= 15 is 0 Å². The minimum absolute atomic E-state index is 0.0180. The first-order chi connectivity index (χ1) is 13.3. The highest BCUT2D eigenvalue weighted by molar-refractivity contribution is 7.46. The Morgan fingerprint density at radius 1 is 0.857 bits per heavy atom. The molecule has 0 spiro atoms. The van der Waals surface area contributed by atoms with Crippen molar-refractivity contribution in [1.82, 2.24) is 0 Å². The molecule has 1 heterocycles. The fourth-order valence-corrected chi connectivity index (χ4v) is 3.79. The van der Waals surface area contributed by atoms with Crippen molar-refractivity contribution in [2.75, 3.05) is 0 Å². The second-order valence-electron chi connectivity index (χ2n) is 6.27. The molecule has 0 saturated heterocycles. The number of carbonyl (C=O) groups is 1. The van der Waals surface area contributed by atoms with Crippen LogP contribution in [0.5, 0.6) is 11.5 Å². The fourth-order valence-electron chi connectivity index (χ4n) is 3.40. The number of rotatable bonds is 4. The Morgan fingerprint density at radius 3 is 2.04 bits per heavy atom. The molecular formula is C20H15O7P. The first kappa shape index (κ1) is 18.3. The van der Waals surface area contributed by atoms with Crippen molar-refractivity contribution in [3.63, 3.8) is 0 Å². The fraction of sp³-hybridized carbons (Fsp3) is 0.0500.